The van der Waals surface area contributed by atoms with Crippen LogP contribution in [0.1, 0.15) is 41.7 Å². The van der Waals surface area contributed by atoms with Crippen LogP contribution in [0.2, 0.25) is 0 Å². The molecule has 2 aromatic rings. The standard InChI is InChI=1S/C16H23N5O2S/c1-11(2)8-12(14-6-5-7-24-14)17-16(23)13-9-21(19-18-13)10-15(22)20(3)4/h5-7,9,11-12H,8,10H2,1-4H3,(H,17,23)/t12-/m0/s1. The molecule has 0 saturated carbocycles. The van der Waals surface area contributed by atoms with Crippen molar-refractivity contribution in [1.82, 2.24) is 25.2 Å². The molecular formula is C16H23N5O2S. The molecule has 0 bridgehead atoms. The van der Waals surface area contributed by atoms with E-state index in [1.165, 1.54) is 15.8 Å². The van der Waals surface area contributed by atoms with Crippen LogP contribution >= 0.6 is 11.3 Å². The Labute approximate surface area is 145 Å². The average Bonchev–Trinajstić information content (AvgIpc) is 3.17. The Morgan fingerprint density at radius 1 is 1.38 bits per heavy atom. The number of nitrogens with zero attached hydrogens (tertiary/aromatic N) is 4. The number of thiophene rings is 1. The van der Waals surface area contributed by atoms with E-state index >= 15 is 0 Å². The Morgan fingerprint density at radius 2 is 2.12 bits per heavy atom. The van der Waals surface area contributed by atoms with Gasteiger partial charge in [0.1, 0.15) is 6.54 Å². The molecule has 0 radical (unpaired) electrons. The van der Waals surface area contributed by atoms with Crippen LogP contribution in [-0.2, 0) is 11.3 Å². The van der Waals surface area contributed by atoms with Gasteiger partial charge in [0, 0.05) is 19.0 Å². The van der Waals surface area contributed by atoms with Crippen LogP contribution in [0, 0.1) is 5.92 Å². The number of carbonyl (C=O) groups is 2. The number of likely N-dealkylation sites (N-methyl/N-ethyl adjacent to an activating group) is 1. The van der Waals surface area contributed by atoms with Gasteiger partial charge in [0.25, 0.3) is 5.91 Å². The van der Waals surface area contributed by atoms with E-state index in [1.807, 2.05) is 17.5 Å². The maximum absolute atomic E-state index is 12.4. The number of carbonyl (C=O) groups excluding carboxylic acids is 2. The molecule has 0 aliphatic carbocycles. The summed E-state index contributed by atoms with van der Waals surface area (Å²) < 4.78 is 1.37. The number of rotatable bonds is 7. The lowest BCUT2D eigenvalue weighted by atomic mass is 10.0. The lowest BCUT2D eigenvalue weighted by Gasteiger charge is -2.18. The highest BCUT2D eigenvalue weighted by molar-refractivity contribution is 7.10. The molecule has 8 heteroatoms. The Hall–Kier alpha value is -2.22. The third-order valence-electron chi connectivity index (χ3n) is 3.47. The zero-order valence-electron chi connectivity index (χ0n) is 14.4. The van der Waals surface area contributed by atoms with E-state index in [9.17, 15) is 9.59 Å². The van der Waals surface area contributed by atoms with Crippen molar-refractivity contribution in [2.45, 2.75) is 32.9 Å². The molecule has 2 rings (SSSR count). The highest BCUT2D eigenvalue weighted by Crippen LogP contribution is 2.25. The van der Waals surface area contributed by atoms with E-state index in [1.54, 1.807) is 25.4 Å². The second kappa shape index (κ2) is 8.05. The van der Waals surface area contributed by atoms with Gasteiger partial charge in [-0.2, -0.15) is 0 Å². The van der Waals surface area contributed by atoms with Crippen molar-refractivity contribution in [2.24, 2.45) is 5.92 Å². The van der Waals surface area contributed by atoms with Gasteiger partial charge in [0.2, 0.25) is 5.91 Å². The van der Waals surface area contributed by atoms with E-state index in [0.29, 0.717) is 5.92 Å². The van der Waals surface area contributed by atoms with Crippen LogP contribution in [0.15, 0.2) is 23.7 Å². The van der Waals surface area contributed by atoms with Crippen molar-refractivity contribution < 1.29 is 9.59 Å². The summed E-state index contributed by atoms with van der Waals surface area (Å²) in [5.41, 5.74) is 0.215. The van der Waals surface area contributed by atoms with E-state index in [0.717, 1.165) is 11.3 Å². The normalized spacial score (nSPS) is 12.2. The zero-order chi connectivity index (χ0) is 17.7. The largest absolute Gasteiger partial charge is 0.347 e. The highest BCUT2D eigenvalue weighted by Gasteiger charge is 2.20. The topological polar surface area (TPSA) is 80.1 Å². The molecule has 0 spiro atoms. The fourth-order valence-corrected chi connectivity index (χ4v) is 2.99. The number of amides is 2. The maximum atomic E-state index is 12.4. The number of hydrogen-bond acceptors (Lipinski definition) is 5. The SMILES string of the molecule is CC(C)C[C@H](NC(=O)c1cn(CC(=O)N(C)C)nn1)c1cccs1. The highest BCUT2D eigenvalue weighted by atomic mass is 32.1. The summed E-state index contributed by atoms with van der Waals surface area (Å²) in [6, 6.07) is 3.94. The lowest BCUT2D eigenvalue weighted by Crippen LogP contribution is -2.29. The minimum absolute atomic E-state index is 0.0499. The van der Waals surface area contributed by atoms with Gasteiger partial charge < -0.3 is 10.2 Å². The van der Waals surface area contributed by atoms with Gasteiger partial charge in [0.05, 0.1) is 12.2 Å². The third kappa shape index (κ3) is 4.89. The van der Waals surface area contributed by atoms with Crippen molar-refractivity contribution >= 4 is 23.2 Å². The van der Waals surface area contributed by atoms with E-state index < -0.39 is 0 Å². The molecule has 1 N–H and O–H groups in total. The first-order valence-electron chi connectivity index (χ1n) is 7.81. The molecule has 24 heavy (non-hydrogen) atoms. The average molecular weight is 349 g/mol. The van der Waals surface area contributed by atoms with E-state index in [-0.39, 0.29) is 30.1 Å². The lowest BCUT2D eigenvalue weighted by molar-refractivity contribution is -0.129. The summed E-state index contributed by atoms with van der Waals surface area (Å²) in [5.74, 6) is 0.0616. The maximum Gasteiger partial charge on any atom is 0.273 e. The summed E-state index contributed by atoms with van der Waals surface area (Å²) in [6.45, 7) is 4.30. The second-order valence-electron chi connectivity index (χ2n) is 6.26. The van der Waals surface area contributed by atoms with Gasteiger partial charge >= 0.3 is 0 Å². The number of nitrogens with one attached hydrogen (secondary N) is 1. The fourth-order valence-electron chi connectivity index (χ4n) is 2.20. The van der Waals surface area contributed by atoms with Crippen LogP contribution in [0.4, 0.5) is 0 Å². The van der Waals surface area contributed by atoms with Crippen LogP contribution < -0.4 is 5.32 Å². The molecule has 130 valence electrons. The smallest absolute Gasteiger partial charge is 0.273 e. The van der Waals surface area contributed by atoms with Gasteiger partial charge in [-0.25, -0.2) is 4.68 Å². The first-order valence-corrected chi connectivity index (χ1v) is 8.69. The molecular weight excluding hydrogens is 326 g/mol. The fraction of sp³-hybridized carbons (Fsp3) is 0.500. The van der Waals surface area contributed by atoms with Gasteiger partial charge in [0.15, 0.2) is 5.69 Å². The molecule has 0 aliphatic rings. The monoisotopic (exact) mass is 349 g/mol. The molecule has 2 aromatic heterocycles. The molecule has 0 fully saturated rings. The molecule has 0 saturated heterocycles. The molecule has 2 amide bonds. The van der Waals surface area contributed by atoms with Gasteiger partial charge in [-0.15, -0.1) is 16.4 Å². The molecule has 2 heterocycles. The van der Waals surface area contributed by atoms with Crippen molar-refractivity contribution in [2.75, 3.05) is 14.1 Å². The second-order valence-corrected chi connectivity index (χ2v) is 7.24. The summed E-state index contributed by atoms with van der Waals surface area (Å²) >= 11 is 1.62. The van der Waals surface area contributed by atoms with Crippen molar-refractivity contribution in [3.8, 4) is 0 Å². The summed E-state index contributed by atoms with van der Waals surface area (Å²) in [4.78, 5) is 26.7. The van der Waals surface area contributed by atoms with Gasteiger partial charge in [-0.3, -0.25) is 9.59 Å². The van der Waals surface area contributed by atoms with Gasteiger partial charge in [-0.05, 0) is 23.8 Å². The predicted molar refractivity (Wildman–Crippen MR) is 92.7 cm³/mol. The van der Waals surface area contributed by atoms with E-state index in [2.05, 4.69) is 29.5 Å². The number of aromatic nitrogens is 3. The first kappa shape index (κ1) is 18.1. The summed E-state index contributed by atoms with van der Waals surface area (Å²) in [7, 11) is 3.34. The number of hydrogen-bond donors (Lipinski definition) is 1. The summed E-state index contributed by atoms with van der Waals surface area (Å²) in [6.07, 6.45) is 2.34. The molecule has 1 atom stereocenters. The van der Waals surface area contributed by atoms with Crippen LogP contribution in [0.5, 0.6) is 0 Å². The Bertz CT molecular complexity index is 678. The quantitative estimate of drug-likeness (QED) is 0.828. The van der Waals surface area contributed by atoms with Crippen LogP contribution in [-0.4, -0.2) is 45.8 Å². The molecule has 0 aliphatic heterocycles. The summed E-state index contributed by atoms with van der Waals surface area (Å²) in [5, 5.41) is 12.7. The van der Waals surface area contributed by atoms with Crippen molar-refractivity contribution in [1.29, 1.82) is 0 Å². The zero-order valence-corrected chi connectivity index (χ0v) is 15.2. The van der Waals surface area contributed by atoms with Crippen molar-refractivity contribution in [3.63, 3.8) is 0 Å². The van der Waals surface area contributed by atoms with Crippen LogP contribution in [0.3, 0.4) is 0 Å². The molecule has 7 nitrogen and oxygen atoms in total. The minimum atomic E-state index is -0.280. The Balaban J connectivity index is 2.05. The minimum Gasteiger partial charge on any atom is -0.347 e. The van der Waals surface area contributed by atoms with Crippen molar-refractivity contribution in [3.05, 3.63) is 34.3 Å². The van der Waals surface area contributed by atoms with Crippen LogP contribution in [0.25, 0.3) is 0 Å². The molecule has 0 aromatic carbocycles. The van der Waals surface area contributed by atoms with E-state index in [4.69, 9.17) is 0 Å². The Kier molecular flexibility index (Phi) is 6.08. The molecule has 0 unspecified atom stereocenters. The first-order chi connectivity index (χ1) is 11.4. The predicted octanol–water partition coefficient (Wildman–Crippen LogP) is 1.94. The Morgan fingerprint density at radius 3 is 2.71 bits per heavy atom. The third-order valence-corrected chi connectivity index (χ3v) is 4.45. The van der Waals surface area contributed by atoms with Gasteiger partial charge in [-0.1, -0.05) is 25.1 Å².